The van der Waals surface area contributed by atoms with Gasteiger partial charge >= 0.3 is 0 Å². The monoisotopic (exact) mass is 397 g/mol. The molecule has 2 aromatic rings. The fraction of sp³-hybridized carbons (Fsp3) is 0.476. The van der Waals surface area contributed by atoms with E-state index >= 15 is 0 Å². The van der Waals surface area contributed by atoms with Gasteiger partial charge in [0, 0.05) is 32.2 Å². The van der Waals surface area contributed by atoms with E-state index in [4.69, 9.17) is 4.74 Å². The van der Waals surface area contributed by atoms with Gasteiger partial charge in [0.25, 0.3) is 5.91 Å². The lowest BCUT2D eigenvalue weighted by Crippen LogP contribution is -2.42. The minimum Gasteiger partial charge on any atom is -0.390 e. The van der Waals surface area contributed by atoms with Crippen LogP contribution in [-0.4, -0.2) is 70.9 Å². The molecule has 3 heterocycles. The van der Waals surface area contributed by atoms with Gasteiger partial charge in [-0.25, -0.2) is 9.97 Å². The average Bonchev–Trinajstić information content (AvgIpc) is 2.70. The van der Waals surface area contributed by atoms with Crippen molar-refractivity contribution in [1.82, 2.24) is 20.2 Å². The Morgan fingerprint density at radius 3 is 3.03 bits per heavy atom. The Bertz CT molecular complexity index is 871. The molecular formula is C21H27N5O3. The van der Waals surface area contributed by atoms with Gasteiger partial charge in [-0.2, -0.15) is 0 Å². The summed E-state index contributed by atoms with van der Waals surface area (Å²) in [6, 6.07) is 8.24. The number of hydrogen-bond acceptors (Lipinski definition) is 7. The van der Waals surface area contributed by atoms with Crippen LogP contribution in [0.25, 0.3) is 0 Å². The van der Waals surface area contributed by atoms with Crippen molar-refractivity contribution >= 4 is 11.7 Å². The molecule has 0 aliphatic carbocycles. The number of carbonyl (C=O) groups is 1. The molecule has 2 aliphatic heterocycles. The summed E-state index contributed by atoms with van der Waals surface area (Å²) in [5.74, 6) is 0.278. The smallest absolute Gasteiger partial charge is 0.270 e. The molecule has 1 fully saturated rings. The van der Waals surface area contributed by atoms with Crippen LogP contribution in [0.3, 0.4) is 0 Å². The highest BCUT2D eigenvalue weighted by molar-refractivity contribution is 5.92. The zero-order valence-corrected chi connectivity index (χ0v) is 16.6. The first-order valence-corrected chi connectivity index (χ1v) is 10.0. The molecule has 3 N–H and O–H groups in total. The van der Waals surface area contributed by atoms with E-state index in [1.165, 1.54) is 23.0 Å². The van der Waals surface area contributed by atoms with Crippen LogP contribution in [0.15, 0.2) is 30.6 Å². The first kappa shape index (κ1) is 19.8. The predicted molar refractivity (Wildman–Crippen MR) is 109 cm³/mol. The van der Waals surface area contributed by atoms with E-state index in [1.54, 1.807) is 6.07 Å². The van der Waals surface area contributed by atoms with Gasteiger partial charge in [0.2, 0.25) is 0 Å². The van der Waals surface area contributed by atoms with Crippen LogP contribution in [0.4, 0.5) is 5.82 Å². The second kappa shape index (κ2) is 8.86. The summed E-state index contributed by atoms with van der Waals surface area (Å²) in [7, 11) is 0. The lowest BCUT2D eigenvalue weighted by Gasteiger charge is -2.31. The number of β-amino-alcohol motifs (C(OH)–C–C–N with tert-alkyl or cyclic N) is 1. The van der Waals surface area contributed by atoms with Gasteiger partial charge in [-0.15, -0.1) is 0 Å². The van der Waals surface area contributed by atoms with Gasteiger partial charge in [-0.1, -0.05) is 18.2 Å². The molecule has 1 aromatic heterocycles. The van der Waals surface area contributed by atoms with E-state index in [9.17, 15) is 9.90 Å². The predicted octanol–water partition coefficient (Wildman–Crippen LogP) is 0.745. The Labute approximate surface area is 170 Å². The van der Waals surface area contributed by atoms with Gasteiger partial charge in [-0.05, 0) is 30.0 Å². The van der Waals surface area contributed by atoms with E-state index in [2.05, 4.69) is 50.6 Å². The minimum absolute atomic E-state index is 0.180. The molecule has 8 nitrogen and oxygen atoms in total. The first-order valence-electron chi connectivity index (χ1n) is 10.0. The number of aryl methyl sites for hydroxylation is 1. The van der Waals surface area contributed by atoms with Crippen LogP contribution < -0.4 is 10.6 Å². The van der Waals surface area contributed by atoms with Crippen LogP contribution in [-0.2, 0) is 17.7 Å². The van der Waals surface area contributed by atoms with Crippen LogP contribution in [0.5, 0.6) is 0 Å². The molecule has 1 aromatic carbocycles. The van der Waals surface area contributed by atoms with Crippen LogP contribution >= 0.6 is 0 Å². The number of nitrogens with one attached hydrogen (secondary N) is 2. The number of ether oxygens (including phenoxy) is 1. The number of rotatable bonds is 7. The molecule has 8 heteroatoms. The second-order valence-corrected chi connectivity index (χ2v) is 7.73. The molecular weight excluding hydrogens is 370 g/mol. The van der Waals surface area contributed by atoms with E-state index in [-0.39, 0.29) is 24.2 Å². The molecule has 1 saturated heterocycles. The Morgan fingerprint density at radius 1 is 1.38 bits per heavy atom. The Hall–Kier alpha value is -2.55. The van der Waals surface area contributed by atoms with Gasteiger partial charge in [0.05, 0.1) is 25.4 Å². The maximum atomic E-state index is 12.4. The summed E-state index contributed by atoms with van der Waals surface area (Å²) in [5.41, 5.74) is 4.31. The van der Waals surface area contributed by atoms with Gasteiger partial charge in [-0.3, -0.25) is 9.69 Å². The minimum atomic E-state index is -0.643. The maximum absolute atomic E-state index is 12.4. The standard InChI is InChI=1S/C21H27N5O3/c1-14-3-2-4-15-5-6-26(10-18(14)15)9-17(27)8-22-21(28)19-7-20(24-13-23-19)25-16-11-29-12-16/h2-4,7,13,16-17,27H,5-6,8-12H2,1H3,(H,22,28)(H,23,24,25)/t17-/m0/s1. The van der Waals surface area contributed by atoms with Crippen molar-refractivity contribution in [3.63, 3.8) is 0 Å². The Morgan fingerprint density at radius 2 is 2.24 bits per heavy atom. The number of amides is 1. The van der Waals surface area contributed by atoms with Crippen molar-refractivity contribution < 1.29 is 14.6 Å². The number of anilines is 1. The van der Waals surface area contributed by atoms with E-state index in [1.807, 2.05) is 0 Å². The van der Waals surface area contributed by atoms with Gasteiger partial charge in [0.1, 0.15) is 17.8 Å². The number of aliphatic hydroxyl groups excluding tert-OH is 1. The van der Waals surface area contributed by atoms with Crippen LogP contribution in [0.2, 0.25) is 0 Å². The number of hydrogen-bond donors (Lipinski definition) is 3. The molecule has 1 amide bonds. The Kier molecular flexibility index (Phi) is 6.03. The largest absolute Gasteiger partial charge is 0.390 e. The SMILES string of the molecule is Cc1cccc2c1CN(C[C@@H](O)CNC(=O)c1cc(NC3COC3)ncn1)CC2. The van der Waals surface area contributed by atoms with Gasteiger partial charge < -0.3 is 20.5 Å². The highest BCUT2D eigenvalue weighted by Gasteiger charge is 2.21. The molecule has 0 spiro atoms. The third kappa shape index (κ3) is 4.90. The first-order chi connectivity index (χ1) is 14.1. The number of carbonyl (C=O) groups excluding carboxylic acids is 1. The second-order valence-electron chi connectivity index (χ2n) is 7.73. The molecule has 1 atom stereocenters. The van der Waals surface area contributed by atoms with Crippen molar-refractivity contribution in [3.05, 3.63) is 53.0 Å². The third-order valence-electron chi connectivity index (χ3n) is 5.44. The fourth-order valence-corrected chi connectivity index (χ4v) is 3.71. The lowest BCUT2D eigenvalue weighted by molar-refractivity contribution is 0.0209. The van der Waals surface area contributed by atoms with E-state index in [0.29, 0.717) is 25.6 Å². The summed E-state index contributed by atoms with van der Waals surface area (Å²) >= 11 is 0. The topological polar surface area (TPSA) is 99.6 Å². The summed E-state index contributed by atoms with van der Waals surface area (Å²) in [5, 5.41) is 16.4. The molecule has 0 bridgehead atoms. The van der Waals surface area contributed by atoms with Gasteiger partial charge in [0.15, 0.2) is 0 Å². The zero-order chi connectivity index (χ0) is 20.2. The van der Waals surface area contributed by atoms with Crippen molar-refractivity contribution in [3.8, 4) is 0 Å². The van der Waals surface area contributed by atoms with E-state index in [0.717, 1.165) is 19.5 Å². The number of aliphatic hydroxyl groups is 1. The summed E-state index contributed by atoms with van der Waals surface area (Å²) in [6.07, 6.45) is 1.70. The normalized spacial score (nSPS) is 17.9. The Balaban J connectivity index is 1.26. The number of aromatic nitrogens is 2. The highest BCUT2D eigenvalue weighted by atomic mass is 16.5. The van der Waals surface area contributed by atoms with Crippen molar-refractivity contribution in [1.29, 1.82) is 0 Å². The molecule has 4 rings (SSSR count). The molecule has 154 valence electrons. The molecule has 2 aliphatic rings. The number of benzene rings is 1. The third-order valence-corrected chi connectivity index (χ3v) is 5.44. The van der Waals surface area contributed by atoms with Crippen LogP contribution in [0, 0.1) is 6.92 Å². The molecule has 0 saturated carbocycles. The quantitative estimate of drug-likeness (QED) is 0.634. The van der Waals surface area contributed by atoms with Crippen LogP contribution in [0.1, 0.15) is 27.2 Å². The molecule has 0 unspecified atom stereocenters. The molecule has 29 heavy (non-hydrogen) atoms. The summed E-state index contributed by atoms with van der Waals surface area (Å²) < 4.78 is 5.12. The lowest BCUT2D eigenvalue weighted by atomic mass is 9.95. The highest BCUT2D eigenvalue weighted by Crippen LogP contribution is 2.22. The number of fused-ring (bicyclic) bond motifs is 1. The summed E-state index contributed by atoms with van der Waals surface area (Å²) in [4.78, 5) is 22.8. The van der Waals surface area contributed by atoms with Crippen molar-refractivity contribution in [2.75, 3.05) is 38.2 Å². The van der Waals surface area contributed by atoms with Crippen molar-refractivity contribution in [2.45, 2.75) is 32.0 Å². The van der Waals surface area contributed by atoms with Crippen molar-refractivity contribution in [2.24, 2.45) is 0 Å². The fourth-order valence-electron chi connectivity index (χ4n) is 3.71. The maximum Gasteiger partial charge on any atom is 0.270 e. The average molecular weight is 397 g/mol. The number of nitrogens with zero attached hydrogens (tertiary/aromatic N) is 3. The van der Waals surface area contributed by atoms with E-state index < -0.39 is 6.10 Å². The molecule has 0 radical (unpaired) electrons. The summed E-state index contributed by atoms with van der Waals surface area (Å²) in [6.45, 7) is 5.84. The zero-order valence-electron chi connectivity index (χ0n) is 16.6.